The summed E-state index contributed by atoms with van der Waals surface area (Å²) in [5, 5.41) is 7.77. The molecule has 20 heavy (non-hydrogen) atoms. The highest BCUT2D eigenvalue weighted by atomic mass is 16.2. The first-order chi connectivity index (χ1) is 9.61. The van der Waals surface area contributed by atoms with E-state index in [2.05, 4.69) is 29.5 Å². The zero-order chi connectivity index (χ0) is 14.5. The summed E-state index contributed by atoms with van der Waals surface area (Å²) in [5.74, 6) is 7.05. The first kappa shape index (κ1) is 14.7. The first-order valence-electron chi connectivity index (χ1n) is 7.21. The molecular weight excluding hydrogens is 254 g/mol. The van der Waals surface area contributed by atoms with Crippen LogP contribution in [0.1, 0.15) is 43.6 Å². The Morgan fingerprint density at radius 1 is 1.35 bits per heavy atom. The van der Waals surface area contributed by atoms with Crippen LogP contribution in [-0.2, 0) is 0 Å². The second-order valence-electron chi connectivity index (χ2n) is 5.68. The van der Waals surface area contributed by atoms with Gasteiger partial charge >= 0.3 is 0 Å². The third-order valence-corrected chi connectivity index (χ3v) is 4.03. The largest absolute Gasteiger partial charge is 0.337 e. The van der Waals surface area contributed by atoms with Gasteiger partial charge in [-0.05, 0) is 43.2 Å². The Hall–Kier alpha value is -1.69. The predicted molar refractivity (Wildman–Crippen MR) is 77.9 cm³/mol. The normalized spacial score (nSPS) is 19.8. The first-order valence-corrected chi connectivity index (χ1v) is 7.21. The summed E-state index contributed by atoms with van der Waals surface area (Å²) in [7, 11) is 0. The van der Waals surface area contributed by atoms with Crippen molar-refractivity contribution in [3.63, 3.8) is 0 Å². The SMILES string of the molecule is CC(C)C1CCCN(C(=O)c2ccc(NN)nn2)CC1. The molecule has 3 N–H and O–H groups in total. The van der Waals surface area contributed by atoms with E-state index in [9.17, 15) is 4.79 Å². The summed E-state index contributed by atoms with van der Waals surface area (Å²) in [6, 6.07) is 3.32. The fraction of sp³-hybridized carbons (Fsp3) is 0.643. The number of anilines is 1. The van der Waals surface area contributed by atoms with Gasteiger partial charge in [-0.25, -0.2) is 5.84 Å². The van der Waals surface area contributed by atoms with Crippen molar-refractivity contribution in [1.82, 2.24) is 15.1 Å². The number of rotatable bonds is 3. The molecule has 1 atom stereocenters. The molecular formula is C14H23N5O. The van der Waals surface area contributed by atoms with Gasteiger partial charge in [-0.1, -0.05) is 13.8 Å². The molecule has 0 bridgehead atoms. The maximum Gasteiger partial charge on any atom is 0.274 e. The minimum absolute atomic E-state index is 0.0366. The fourth-order valence-corrected chi connectivity index (χ4v) is 2.68. The Labute approximate surface area is 119 Å². The number of nitrogens with two attached hydrogens (primary N) is 1. The molecule has 110 valence electrons. The maximum absolute atomic E-state index is 12.4. The van der Waals surface area contributed by atoms with E-state index < -0.39 is 0 Å². The van der Waals surface area contributed by atoms with E-state index in [0.717, 1.165) is 25.9 Å². The van der Waals surface area contributed by atoms with Crippen LogP contribution in [0.4, 0.5) is 5.82 Å². The van der Waals surface area contributed by atoms with Crippen LogP contribution in [-0.4, -0.2) is 34.1 Å². The van der Waals surface area contributed by atoms with Crippen LogP contribution < -0.4 is 11.3 Å². The van der Waals surface area contributed by atoms with Gasteiger partial charge < -0.3 is 10.3 Å². The smallest absolute Gasteiger partial charge is 0.274 e. The summed E-state index contributed by atoms with van der Waals surface area (Å²) >= 11 is 0. The number of nitrogens with one attached hydrogen (secondary N) is 1. The molecule has 1 aromatic rings. The third kappa shape index (κ3) is 3.45. The molecule has 2 heterocycles. The van der Waals surface area contributed by atoms with Gasteiger partial charge in [-0.3, -0.25) is 4.79 Å². The molecule has 6 nitrogen and oxygen atoms in total. The summed E-state index contributed by atoms with van der Waals surface area (Å²) in [4.78, 5) is 14.3. The zero-order valence-electron chi connectivity index (χ0n) is 12.2. The van der Waals surface area contributed by atoms with Gasteiger partial charge in [0.05, 0.1) is 0 Å². The van der Waals surface area contributed by atoms with Crippen molar-refractivity contribution in [2.24, 2.45) is 17.7 Å². The molecule has 1 unspecified atom stereocenters. The molecule has 0 spiro atoms. The van der Waals surface area contributed by atoms with Crippen LogP contribution in [0.5, 0.6) is 0 Å². The van der Waals surface area contributed by atoms with E-state index in [1.54, 1.807) is 12.1 Å². The number of carbonyl (C=O) groups is 1. The van der Waals surface area contributed by atoms with Crippen molar-refractivity contribution < 1.29 is 4.79 Å². The number of nitrogens with zero attached hydrogens (tertiary/aromatic N) is 3. The van der Waals surface area contributed by atoms with Crippen LogP contribution in [0.2, 0.25) is 0 Å². The van der Waals surface area contributed by atoms with Crippen molar-refractivity contribution in [3.8, 4) is 0 Å². The van der Waals surface area contributed by atoms with Crippen LogP contribution in [0.25, 0.3) is 0 Å². The van der Waals surface area contributed by atoms with Crippen molar-refractivity contribution in [1.29, 1.82) is 0 Å². The lowest BCUT2D eigenvalue weighted by Crippen LogP contribution is -2.33. The van der Waals surface area contributed by atoms with Gasteiger partial charge in [0, 0.05) is 13.1 Å². The molecule has 1 amide bonds. The molecule has 1 fully saturated rings. The highest BCUT2D eigenvalue weighted by Gasteiger charge is 2.23. The Balaban J connectivity index is 2.01. The minimum Gasteiger partial charge on any atom is -0.337 e. The molecule has 2 rings (SSSR count). The minimum atomic E-state index is -0.0366. The molecule has 1 aliphatic heterocycles. The Morgan fingerprint density at radius 3 is 2.75 bits per heavy atom. The lowest BCUT2D eigenvalue weighted by atomic mass is 9.89. The average molecular weight is 277 g/mol. The fourth-order valence-electron chi connectivity index (χ4n) is 2.68. The van der Waals surface area contributed by atoms with Gasteiger partial charge in [0.25, 0.3) is 5.91 Å². The molecule has 0 aromatic carbocycles. The number of aromatic nitrogens is 2. The van der Waals surface area contributed by atoms with Gasteiger partial charge in [0.2, 0.25) is 0 Å². The topological polar surface area (TPSA) is 84.1 Å². The molecule has 1 aromatic heterocycles. The van der Waals surface area contributed by atoms with E-state index in [1.807, 2.05) is 4.90 Å². The van der Waals surface area contributed by atoms with E-state index in [-0.39, 0.29) is 5.91 Å². The second-order valence-corrected chi connectivity index (χ2v) is 5.68. The monoisotopic (exact) mass is 277 g/mol. The van der Waals surface area contributed by atoms with Crippen molar-refractivity contribution >= 4 is 11.7 Å². The number of hydrazine groups is 1. The lowest BCUT2D eigenvalue weighted by molar-refractivity contribution is 0.0752. The Kier molecular flexibility index (Phi) is 4.89. The number of likely N-dealkylation sites (tertiary alicyclic amines) is 1. The van der Waals surface area contributed by atoms with Crippen molar-refractivity contribution in [3.05, 3.63) is 17.8 Å². The molecule has 0 saturated carbocycles. The number of carbonyl (C=O) groups excluding carboxylic acids is 1. The average Bonchev–Trinajstić information content (AvgIpc) is 2.72. The van der Waals surface area contributed by atoms with Gasteiger partial charge in [-0.15, -0.1) is 10.2 Å². The third-order valence-electron chi connectivity index (χ3n) is 4.03. The van der Waals surface area contributed by atoms with E-state index >= 15 is 0 Å². The Morgan fingerprint density at radius 2 is 2.15 bits per heavy atom. The summed E-state index contributed by atoms with van der Waals surface area (Å²) < 4.78 is 0. The standard InChI is InChI=1S/C14H23N5O/c1-10(2)11-4-3-8-19(9-7-11)14(20)12-5-6-13(16-15)18-17-12/h5-6,10-11H,3-4,7-9,15H2,1-2H3,(H,16,18). The van der Waals surface area contributed by atoms with Crippen LogP contribution in [0.15, 0.2) is 12.1 Å². The maximum atomic E-state index is 12.4. The zero-order valence-corrected chi connectivity index (χ0v) is 12.2. The quantitative estimate of drug-likeness (QED) is 0.648. The Bertz CT molecular complexity index is 445. The molecule has 0 radical (unpaired) electrons. The highest BCUT2D eigenvalue weighted by molar-refractivity contribution is 5.92. The number of nitrogen functional groups attached to an aromatic ring is 1. The van der Waals surface area contributed by atoms with Gasteiger partial charge in [-0.2, -0.15) is 0 Å². The summed E-state index contributed by atoms with van der Waals surface area (Å²) in [6.07, 6.45) is 3.33. The van der Waals surface area contributed by atoms with Crippen molar-refractivity contribution in [2.45, 2.75) is 33.1 Å². The van der Waals surface area contributed by atoms with Crippen molar-refractivity contribution in [2.75, 3.05) is 18.5 Å². The summed E-state index contributed by atoms with van der Waals surface area (Å²) in [5.41, 5.74) is 2.78. The molecule has 1 saturated heterocycles. The number of hydrogen-bond acceptors (Lipinski definition) is 5. The number of amides is 1. The van der Waals surface area contributed by atoms with Gasteiger partial charge in [0.15, 0.2) is 11.5 Å². The molecule has 1 aliphatic rings. The lowest BCUT2D eigenvalue weighted by Gasteiger charge is -2.21. The van der Waals surface area contributed by atoms with Crippen LogP contribution in [0.3, 0.4) is 0 Å². The predicted octanol–water partition coefficient (Wildman–Crippen LogP) is 1.66. The molecule has 6 heteroatoms. The summed E-state index contributed by atoms with van der Waals surface area (Å²) in [6.45, 7) is 6.12. The van der Waals surface area contributed by atoms with Crippen LogP contribution in [0, 0.1) is 11.8 Å². The van der Waals surface area contributed by atoms with E-state index in [1.165, 1.54) is 6.42 Å². The second kappa shape index (κ2) is 6.65. The van der Waals surface area contributed by atoms with E-state index in [0.29, 0.717) is 23.3 Å². The highest BCUT2D eigenvalue weighted by Crippen LogP contribution is 2.25. The van der Waals surface area contributed by atoms with Crippen LogP contribution >= 0.6 is 0 Å². The van der Waals surface area contributed by atoms with Gasteiger partial charge in [0.1, 0.15) is 0 Å². The van der Waals surface area contributed by atoms with E-state index in [4.69, 9.17) is 5.84 Å². The molecule has 0 aliphatic carbocycles. The number of hydrogen-bond donors (Lipinski definition) is 2.